The Morgan fingerprint density at radius 1 is 0.548 bits per heavy atom. The lowest BCUT2D eigenvalue weighted by atomic mass is 9.63. The highest BCUT2D eigenvalue weighted by Gasteiger charge is 2.38. The van der Waals surface area contributed by atoms with Gasteiger partial charge in [-0.2, -0.15) is 0 Å². The van der Waals surface area contributed by atoms with Crippen LogP contribution in [0.25, 0.3) is 0 Å². The molecule has 0 saturated carbocycles. The predicted octanol–water partition coefficient (Wildman–Crippen LogP) is 5.70. The van der Waals surface area contributed by atoms with Gasteiger partial charge < -0.3 is 14.7 Å². The summed E-state index contributed by atoms with van der Waals surface area (Å²) >= 11 is 0. The zero-order chi connectivity index (χ0) is 22.5. The quantitative estimate of drug-likeness (QED) is 0.543. The van der Waals surface area contributed by atoms with Crippen LogP contribution in [0.4, 0.5) is 17.1 Å². The van der Waals surface area contributed by atoms with Crippen molar-refractivity contribution in [2.45, 2.75) is 25.2 Å². The summed E-state index contributed by atoms with van der Waals surface area (Å²) in [6.45, 7) is 4.74. The van der Waals surface area contributed by atoms with Crippen LogP contribution in [-0.2, 0) is 5.41 Å². The average Bonchev–Trinajstić information content (AvgIpc) is 2.73. The van der Waals surface area contributed by atoms with E-state index < -0.39 is 0 Å². The minimum Gasteiger partial charge on any atom is -0.378 e. The molecule has 0 spiro atoms. The minimum absolute atomic E-state index is 0.0667. The smallest absolute Gasteiger partial charge is 0.0364 e. The van der Waals surface area contributed by atoms with Crippen LogP contribution in [0.2, 0.25) is 0 Å². The molecule has 0 fully saturated rings. The van der Waals surface area contributed by atoms with E-state index in [1.165, 1.54) is 44.9 Å². The lowest BCUT2D eigenvalue weighted by Gasteiger charge is -2.41. The number of anilines is 3. The average molecular weight is 414 g/mol. The highest BCUT2D eigenvalue weighted by Crippen LogP contribution is 2.50. The summed E-state index contributed by atoms with van der Waals surface area (Å²) in [5.74, 6) is 0.238. The van der Waals surface area contributed by atoms with Gasteiger partial charge in [0, 0.05) is 70.7 Å². The van der Waals surface area contributed by atoms with Crippen molar-refractivity contribution in [1.29, 1.82) is 0 Å². The number of nitrogens with zero attached hydrogens (tertiary/aromatic N) is 3. The second-order valence-corrected chi connectivity index (χ2v) is 9.88. The molecule has 0 atom stereocenters. The van der Waals surface area contributed by atoms with Crippen molar-refractivity contribution in [1.82, 2.24) is 0 Å². The third kappa shape index (κ3) is 3.56. The molecule has 3 aromatic rings. The summed E-state index contributed by atoms with van der Waals surface area (Å²) in [4.78, 5) is 6.55. The van der Waals surface area contributed by atoms with Gasteiger partial charge in [-0.25, -0.2) is 0 Å². The van der Waals surface area contributed by atoms with Crippen molar-refractivity contribution in [2.24, 2.45) is 0 Å². The molecule has 0 heterocycles. The first kappa shape index (κ1) is 21.3. The van der Waals surface area contributed by atoms with Gasteiger partial charge in [0.15, 0.2) is 0 Å². The molecule has 1 aliphatic carbocycles. The van der Waals surface area contributed by atoms with Crippen molar-refractivity contribution in [3.8, 4) is 0 Å². The van der Waals surface area contributed by atoms with Crippen LogP contribution in [0.5, 0.6) is 0 Å². The third-order valence-corrected chi connectivity index (χ3v) is 6.82. The lowest BCUT2D eigenvalue weighted by Crippen LogP contribution is -2.30. The summed E-state index contributed by atoms with van der Waals surface area (Å²) in [7, 11) is 12.7. The normalized spacial score (nSPS) is 14.6. The van der Waals surface area contributed by atoms with Crippen molar-refractivity contribution >= 4 is 17.1 Å². The molecule has 0 bridgehead atoms. The molecule has 0 radical (unpaired) electrons. The Balaban J connectivity index is 1.97. The highest BCUT2D eigenvalue weighted by molar-refractivity contribution is 5.67. The highest BCUT2D eigenvalue weighted by atomic mass is 15.1. The van der Waals surface area contributed by atoms with Gasteiger partial charge in [-0.3, -0.25) is 0 Å². The van der Waals surface area contributed by atoms with Crippen molar-refractivity contribution in [3.05, 3.63) is 88.5 Å². The SMILES string of the molecule is CN(C)c1ccc(C2c3ccc(N(C)C)cc3C(C)(C)c3cc(N(C)C)ccc32)cc1. The molecular weight excluding hydrogens is 378 g/mol. The monoisotopic (exact) mass is 413 g/mol. The van der Waals surface area contributed by atoms with Gasteiger partial charge in [0.05, 0.1) is 0 Å². The van der Waals surface area contributed by atoms with Crippen LogP contribution >= 0.6 is 0 Å². The van der Waals surface area contributed by atoms with Gasteiger partial charge in [0.1, 0.15) is 0 Å². The summed E-state index contributed by atoms with van der Waals surface area (Å²) in [5.41, 5.74) is 10.7. The number of hydrogen-bond donors (Lipinski definition) is 0. The number of fused-ring (bicyclic) bond motifs is 2. The Labute approximate surface area is 187 Å². The summed E-state index contributed by atoms with van der Waals surface area (Å²) in [6, 6.07) is 23.1. The first-order valence-corrected chi connectivity index (χ1v) is 11.0. The van der Waals surface area contributed by atoms with E-state index in [4.69, 9.17) is 0 Å². The maximum atomic E-state index is 2.39. The number of hydrogen-bond acceptors (Lipinski definition) is 3. The van der Waals surface area contributed by atoms with Gasteiger partial charge in [-0.15, -0.1) is 0 Å². The van der Waals surface area contributed by atoms with Gasteiger partial charge >= 0.3 is 0 Å². The van der Waals surface area contributed by atoms with Gasteiger partial charge in [0.2, 0.25) is 0 Å². The minimum atomic E-state index is -0.0667. The topological polar surface area (TPSA) is 9.72 Å². The Kier molecular flexibility index (Phi) is 5.25. The second-order valence-electron chi connectivity index (χ2n) is 9.88. The van der Waals surface area contributed by atoms with E-state index in [-0.39, 0.29) is 11.3 Å². The molecule has 0 aliphatic heterocycles. The Morgan fingerprint density at radius 3 is 1.32 bits per heavy atom. The van der Waals surface area contributed by atoms with Gasteiger partial charge in [0.25, 0.3) is 0 Å². The molecule has 3 heteroatoms. The molecule has 0 saturated heterocycles. The van der Waals surface area contributed by atoms with Gasteiger partial charge in [-0.05, 0) is 64.2 Å². The van der Waals surface area contributed by atoms with Crippen molar-refractivity contribution in [2.75, 3.05) is 57.0 Å². The van der Waals surface area contributed by atoms with Crippen LogP contribution in [0.1, 0.15) is 47.6 Å². The Bertz CT molecular complexity index is 1030. The molecule has 162 valence electrons. The summed E-state index contributed by atoms with van der Waals surface area (Å²) in [6.07, 6.45) is 0. The molecule has 0 N–H and O–H groups in total. The van der Waals surface area contributed by atoms with Crippen LogP contribution in [0.3, 0.4) is 0 Å². The number of rotatable bonds is 4. The molecule has 4 rings (SSSR count). The van der Waals surface area contributed by atoms with E-state index in [9.17, 15) is 0 Å². The Morgan fingerprint density at radius 2 is 0.935 bits per heavy atom. The first-order valence-electron chi connectivity index (χ1n) is 11.0. The molecule has 0 unspecified atom stereocenters. The lowest BCUT2D eigenvalue weighted by molar-refractivity contribution is 0.597. The fourth-order valence-corrected chi connectivity index (χ4v) is 4.87. The largest absolute Gasteiger partial charge is 0.378 e. The fraction of sp³-hybridized carbons (Fsp3) is 0.357. The van der Waals surface area contributed by atoms with Gasteiger partial charge in [-0.1, -0.05) is 38.1 Å². The molecule has 0 aromatic heterocycles. The van der Waals surface area contributed by atoms with E-state index in [2.05, 4.69) is 131 Å². The Hall–Kier alpha value is -2.94. The van der Waals surface area contributed by atoms with E-state index in [0.717, 1.165) is 0 Å². The predicted molar refractivity (Wildman–Crippen MR) is 135 cm³/mol. The fourth-order valence-electron chi connectivity index (χ4n) is 4.87. The van der Waals surface area contributed by atoms with E-state index >= 15 is 0 Å². The van der Waals surface area contributed by atoms with E-state index in [1.807, 2.05) is 0 Å². The van der Waals surface area contributed by atoms with E-state index in [1.54, 1.807) is 0 Å². The molecule has 3 nitrogen and oxygen atoms in total. The maximum absolute atomic E-state index is 2.39. The molecule has 31 heavy (non-hydrogen) atoms. The van der Waals surface area contributed by atoms with Crippen LogP contribution in [0, 0.1) is 0 Å². The third-order valence-electron chi connectivity index (χ3n) is 6.82. The van der Waals surface area contributed by atoms with Crippen LogP contribution in [0.15, 0.2) is 60.7 Å². The number of benzene rings is 3. The van der Waals surface area contributed by atoms with Crippen LogP contribution < -0.4 is 14.7 Å². The van der Waals surface area contributed by atoms with E-state index in [0.29, 0.717) is 0 Å². The zero-order valence-corrected chi connectivity index (χ0v) is 20.2. The zero-order valence-electron chi connectivity index (χ0n) is 20.2. The maximum Gasteiger partial charge on any atom is 0.0364 e. The van der Waals surface area contributed by atoms with Crippen molar-refractivity contribution in [3.63, 3.8) is 0 Å². The van der Waals surface area contributed by atoms with Crippen molar-refractivity contribution < 1.29 is 0 Å². The molecular formula is C28H35N3. The molecule has 3 aromatic carbocycles. The molecule has 0 amide bonds. The second kappa shape index (κ2) is 7.64. The van der Waals surface area contributed by atoms with Crippen LogP contribution in [-0.4, -0.2) is 42.3 Å². The first-order chi connectivity index (χ1) is 14.6. The summed E-state index contributed by atoms with van der Waals surface area (Å²) < 4.78 is 0. The summed E-state index contributed by atoms with van der Waals surface area (Å²) in [5, 5.41) is 0. The standard InChI is InChI=1S/C28H35N3/c1-28(2)25-17-21(30(5)6)13-15-23(25)27(19-9-11-20(12-10-19)29(3)4)24-16-14-22(31(7)8)18-26(24)28/h9-18,27H,1-8H3. The molecule has 1 aliphatic rings.